The summed E-state index contributed by atoms with van der Waals surface area (Å²) >= 11 is 0. The summed E-state index contributed by atoms with van der Waals surface area (Å²) in [7, 11) is 0. The fourth-order valence-corrected chi connectivity index (χ4v) is 3.13. The monoisotopic (exact) mass is 370 g/mol. The Bertz CT molecular complexity index is 970. The molecule has 28 heavy (non-hydrogen) atoms. The van der Waals surface area contributed by atoms with Crippen LogP contribution in [0.15, 0.2) is 102 Å². The fraction of sp³-hybridized carbons (Fsp3) is 0.125. The molecule has 4 heteroatoms. The van der Waals surface area contributed by atoms with Gasteiger partial charge < -0.3 is 9.15 Å². The van der Waals surface area contributed by atoms with E-state index in [4.69, 9.17) is 9.15 Å². The van der Waals surface area contributed by atoms with Gasteiger partial charge in [-0.05, 0) is 53.6 Å². The van der Waals surface area contributed by atoms with Crippen molar-refractivity contribution in [3.05, 3.63) is 114 Å². The number of furan rings is 1. The Kier molecular flexibility index (Phi) is 5.80. The first-order valence-corrected chi connectivity index (χ1v) is 9.31. The van der Waals surface area contributed by atoms with Crippen molar-refractivity contribution in [2.45, 2.75) is 19.6 Å². The molecule has 2 heterocycles. The predicted molar refractivity (Wildman–Crippen MR) is 109 cm³/mol. The van der Waals surface area contributed by atoms with Crippen LogP contribution in [0.3, 0.4) is 0 Å². The first-order valence-electron chi connectivity index (χ1n) is 9.31. The Labute approximate surface area is 165 Å². The molecule has 0 fully saturated rings. The molecule has 140 valence electrons. The van der Waals surface area contributed by atoms with E-state index in [2.05, 4.69) is 28.1 Å². The van der Waals surface area contributed by atoms with Crippen molar-refractivity contribution >= 4 is 0 Å². The van der Waals surface area contributed by atoms with Crippen molar-refractivity contribution in [1.29, 1.82) is 0 Å². The predicted octanol–water partition coefficient (Wildman–Crippen LogP) is 5.67. The van der Waals surface area contributed by atoms with Gasteiger partial charge in [0.2, 0.25) is 0 Å². The highest BCUT2D eigenvalue weighted by atomic mass is 16.5. The molecule has 4 rings (SSSR count). The van der Waals surface area contributed by atoms with Crippen molar-refractivity contribution in [2.24, 2.45) is 0 Å². The molecule has 0 N–H and O–H groups in total. The third-order valence-corrected chi connectivity index (χ3v) is 4.37. The summed E-state index contributed by atoms with van der Waals surface area (Å²) in [5.41, 5.74) is 2.36. The molecule has 0 spiro atoms. The molecule has 0 aliphatic carbocycles. The summed E-state index contributed by atoms with van der Waals surface area (Å²) in [4.78, 5) is 6.56. The topological polar surface area (TPSA) is 38.5 Å². The third kappa shape index (κ3) is 5.09. The van der Waals surface area contributed by atoms with Crippen LogP contribution in [0.4, 0.5) is 0 Å². The van der Waals surface area contributed by atoms with Crippen molar-refractivity contribution in [3.63, 3.8) is 0 Å². The molecule has 0 radical (unpaired) electrons. The van der Waals surface area contributed by atoms with Crippen molar-refractivity contribution in [3.8, 4) is 11.5 Å². The summed E-state index contributed by atoms with van der Waals surface area (Å²) in [5, 5.41) is 0. The molecular weight excluding hydrogens is 348 g/mol. The van der Waals surface area contributed by atoms with Crippen LogP contribution in [0.25, 0.3) is 0 Å². The molecule has 2 aromatic carbocycles. The number of hydrogen-bond donors (Lipinski definition) is 0. The van der Waals surface area contributed by atoms with Gasteiger partial charge in [-0.25, -0.2) is 0 Å². The highest BCUT2D eigenvalue weighted by Crippen LogP contribution is 2.23. The lowest BCUT2D eigenvalue weighted by atomic mass is 10.1. The molecule has 0 amide bonds. The second-order valence-electron chi connectivity index (χ2n) is 6.65. The summed E-state index contributed by atoms with van der Waals surface area (Å²) < 4.78 is 11.5. The quantitative estimate of drug-likeness (QED) is 0.401. The van der Waals surface area contributed by atoms with Gasteiger partial charge in [-0.15, -0.1) is 0 Å². The molecule has 4 aromatic rings. The van der Waals surface area contributed by atoms with E-state index in [0.29, 0.717) is 0 Å². The zero-order valence-corrected chi connectivity index (χ0v) is 15.6. The van der Waals surface area contributed by atoms with Gasteiger partial charge in [-0.1, -0.05) is 36.4 Å². The number of benzene rings is 2. The van der Waals surface area contributed by atoms with Crippen LogP contribution < -0.4 is 4.74 Å². The van der Waals surface area contributed by atoms with Gasteiger partial charge in [0.15, 0.2) is 0 Å². The van der Waals surface area contributed by atoms with Crippen molar-refractivity contribution < 1.29 is 9.15 Å². The van der Waals surface area contributed by atoms with E-state index < -0.39 is 0 Å². The van der Waals surface area contributed by atoms with Crippen LogP contribution in [-0.4, -0.2) is 9.88 Å². The summed E-state index contributed by atoms with van der Waals surface area (Å²) in [6.07, 6.45) is 5.42. The van der Waals surface area contributed by atoms with Gasteiger partial charge in [-0.3, -0.25) is 9.88 Å². The largest absolute Gasteiger partial charge is 0.468 e. The van der Waals surface area contributed by atoms with Gasteiger partial charge in [0.25, 0.3) is 0 Å². The SMILES string of the molecule is c1ccc(Oc2cccc(CN(Cc3cccnc3)Cc3ccco3)c2)cc1. The first kappa shape index (κ1) is 18.0. The molecule has 2 aromatic heterocycles. The van der Waals surface area contributed by atoms with Crippen LogP contribution in [0.1, 0.15) is 16.9 Å². The van der Waals surface area contributed by atoms with Crippen LogP contribution >= 0.6 is 0 Å². The first-order chi connectivity index (χ1) is 13.8. The van der Waals surface area contributed by atoms with Crippen LogP contribution in [0.5, 0.6) is 11.5 Å². The Balaban J connectivity index is 1.50. The highest BCUT2D eigenvalue weighted by Gasteiger charge is 2.11. The number of hydrogen-bond acceptors (Lipinski definition) is 4. The molecule has 4 nitrogen and oxygen atoms in total. The Morgan fingerprint density at radius 3 is 2.36 bits per heavy atom. The van der Waals surface area contributed by atoms with Gasteiger partial charge in [-0.2, -0.15) is 0 Å². The van der Waals surface area contributed by atoms with E-state index in [9.17, 15) is 0 Å². The van der Waals surface area contributed by atoms with E-state index >= 15 is 0 Å². The van der Waals surface area contributed by atoms with E-state index in [1.165, 1.54) is 11.1 Å². The summed E-state index contributed by atoms with van der Waals surface area (Å²) in [6.45, 7) is 2.30. The molecular formula is C24H22N2O2. The van der Waals surface area contributed by atoms with E-state index in [1.54, 1.807) is 12.5 Å². The maximum Gasteiger partial charge on any atom is 0.127 e. The minimum atomic E-state index is 0.728. The minimum absolute atomic E-state index is 0.728. The zero-order valence-electron chi connectivity index (χ0n) is 15.6. The average molecular weight is 370 g/mol. The zero-order chi connectivity index (χ0) is 19.0. The van der Waals surface area contributed by atoms with Crippen molar-refractivity contribution in [1.82, 2.24) is 9.88 Å². The lowest BCUT2D eigenvalue weighted by Crippen LogP contribution is -2.22. The molecule has 0 atom stereocenters. The third-order valence-electron chi connectivity index (χ3n) is 4.37. The molecule has 0 saturated heterocycles. The Morgan fingerprint density at radius 1 is 0.750 bits per heavy atom. The number of ether oxygens (including phenoxy) is 1. The number of aromatic nitrogens is 1. The molecule has 0 bridgehead atoms. The van der Waals surface area contributed by atoms with Gasteiger partial charge in [0.05, 0.1) is 12.8 Å². The second kappa shape index (κ2) is 9.02. The summed E-state index contributed by atoms with van der Waals surface area (Å²) in [5.74, 6) is 2.62. The summed E-state index contributed by atoms with van der Waals surface area (Å²) in [6, 6.07) is 26.0. The highest BCUT2D eigenvalue weighted by molar-refractivity contribution is 5.34. The Hall–Kier alpha value is -3.37. The van der Waals surface area contributed by atoms with E-state index in [0.717, 1.165) is 36.9 Å². The standard InChI is InChI=1S/C24H22N2O2/c1-2-9-22(10-3-1)28-23-11-4-7-20(15-23)17-26(19-24-12-6-14-27-24)18-21-8-5-13-25-16-21/h1-16H,17-19H2. The van der Waals surface area contributed by atoms with Crippen LogP contribution in [-0.2, 0) is 19.6 Å². The second-order valence-corrected chi connectivity index (χ2v) is 6.65. The van der Waals surface area contributed by atoms with E-state index in [1.807, 2.05) is 66.9 Å². The molecule has 0 aliphatic heterocycles. The van der Waals surface area contributed by atoms with Gasteiger partial charge in [0, 0.05) is 25.5 Å². The number of pyridine rings is 1. The average Bonchev–Trinajstić information content (AvgIpc) is 3.23. The number of rotatable bonds is 8. The van der Waals surface area contributed by atoms with Gasteiger partial charge in [0.1, 0.15) is 17.3 Å². The molecule has 0 aliphatic rings. The number of nitrogens with zero attached hydrogens (tertiary/aromatic N) is 2. The molecule has 0 unspecified atom stereocenters. The lowest BCUT2D eigenvalue weighted by molar-refractivity contribution is 0.226. The van der Waals surface area contributed by atoms with Crippen LogP contribution in [0.2, 0.25) is 0 Å². The fourth-order valence-electron chi connectivity index (χ4n) is 3.13. The van der Waals surface area contributed by atoms with E-state index in [-0.39, 0.29) is 0 Å². The maximum absolute atomic E-state index is 5.98. The van der Waals surface area contributed by atoms with Gasteiger partial charge >= 0.3 is 0 Å². The number of para-hydroxylation sites is 1. The maximum atomic E-state index is 5.98. The minimum Gasteiger partial charge on any atom is -0.468 e. The van der Waals surface area contributed by atoms with Crippen molar-refractivity contribution in [2.75, 3.05) is 0 Å². The Morgan fingerprint density at radius 2 is 1.57 bits per heavy atom. The smallest absolute Gasteiger partial charge is 0.127 e. The normalized spacial score (nSPS) is 10.9. The van der Waals surface area contributed by atoms with Crippen LogP contribution in [0, 0.1) is 0 Å². The lowest BCUT2D eigenvalue weighted by Gasteiger charge is -2.21. The molecule has 0 saturated carbocycles.